The van der Waals surface area contributed by atoms with Gasteiger partial charge in [0, 0.05) is 25.2 Å². The standard InChI is InChI=1S/C18H27FN2/c1-13-3-6-15(11-17(13)19)18(20-2)9-10-21(16-7-8-16)12-14-4-5-14/h3,6,11,14,16,18,20H,4-5,7-10,12H2,1-2H3. The topological polar surface area (TPSA) is 15.3 Å². The van der Waals surface area contributed by atoms with E-state index in [0.717, 1.165) is 36.1 Å². The Morgan fingerprint density at radius 1 is 1.29 bits per heavy atom. The monoisotopic (exact) mass is 290 g/mol. The van der Waals surface area contributed by atoms with Crippen LogP contribution < -0.4 is 5.32 Å². The van der Waals surface area contributed by atoms with Crippen LogP contribution in [0.1, 0.15) is 49.3 Å². The van der Waals surface area contributed by atoms with Gasteiger partial charge in [-0.25, -0.2) is 4.39 Å². The van der Waals surface area contributed by atoms with Gasteiger partial charge in [0.1, 0.15) is 5.82 Å². The summed E-state index contributed by atoms with van der Waals surface area (Å²) in [5, 5.41) is 3.36. The fourth-order valence-electron chi connectivity index (χ4n) is 3.09. The number of hydrogen-bond donors (Lipinski definition) is 1. The van der Waals surface area contributed by atoms with Gasteiger partial charge in [0.2, 0.25) is 0 Å². The zero-order chi connectivity index (χ0) is 14.8. The Labute approximate surface area is 127 Å². The molecule has 2 aliphatic carbocycles. The first-order chi connectivity index (χ1) is 10.2. The van der Waals surface area contributed by atoms with Gasteiger partial charge in [-0.2, -0.15) is 0 Å². The maximum atomic E-state index is 13.8. The molecule has 3 heteroatoms. The molecule has 0 heterocycles. The second-order valence-corrected chi connectivity index (χ2v) is 6.81. The minimum atomic E-state index is -0.0928. The molecule has 0 radical (unpaired) electrons. The van der Waals surface area contributed by atoms with Crippen LogP contribution in [0, 0.1) is 18.7 Å². The lowest BCUT2D eigenvalue weighted by atomic mass is 10.0. The molecule has 0 bridgehead atoms. The Morgan fingerprint density at radius 3 is 2.62 bits per heavy atom. The molecule has 2 fully saturated rings. The van der Waals surface area contributed by atoms with Crippen LogP contribution in [-0.2, 0) is 0 Å². The van der Waals surface area contributed by atoms with Gasteiger partial charge in [-0.05, 0) is 69.2 Å². The zero-order valence-corrected chi connectivity index (χ0v) is 13.2. The summed E-state index contributed by atoms with van der Waals surface area (Å²) in [6.45, 7) is 4.23. The molecular weight excluding hydrogens is 263 g/mol. The van der Waals surface area contributed by atoms with E-state index in [9.17, 15) is 4.39 Å². The molecule has 0 aliphatic heterocycles. The third kappa shape index (κ3) is 4.04. The first-order valence-electron chi connectivity index (χ1n) is 8.34. The molecule has 0 aromatic heterocycles. The van der Waals surface area contributed by atoms with Crippen molar-refractivity contribution in [3.05, 3.63) is 35.1 Å². The van der Waals surface area contributed by atoms with Crippen molar-refractivity contribution in [3.63, 3.8) is 0 Å². The summed E-state index contributed by atoms with van der Waals surface area (Å²) in [5.41, 5.74) is 1.80. The van der Waals surface area contributed by atoms with E-state index >= 15 is 0 Å². The highest BCUT2D eigenvalue weighted by molar-refractivity contribution is 5.25. The molecule has 116 valence electrons. The lowest BCUT2D eigenvalue weighted by molar-refractivity contribution is 0.239. The second-order valence-electron chi connectivity index (χ2n) is 6.81. The molecule has 1 atom stereocenters. The van der Waals surface area contributed by atoms with Gasteiger partial charge in [-0.15, -0.1) is 0 Å². The van der Waals surface area contributed by atoms with Crippen LogP contribution >= 0.6 is 0 Å². The molecule has 1 aromatic carbocycles. The molecule has 2 aliphatic rings. The Balaban J connectivity index is 1.58. The van der Waals surface area contributed by atoms with Crippen molar-refractivity contribution in [1.82, 2.24) is 10.2 Å². The van der Waals surface area contributed by atoms with Crippen molar-refractivity contribution in [3.8, 4) is 0 Å². The number of hydrogen-bond acceptors (Lipinski definition) is 2. The van der Waals surface area contributed by atoms with Crippen molar-refractivity contribution in [2.24, 2.45) is 5.92 Å². The summed E-state index contributed by atoms with van der Waals surface area (Å²) in [6.07, 6.45) is 6.64. The van der Waals surface area contributed by atoms with E-state index in [1.54, 1.807) is 6.07 Å². The van der Waals surface area contributed by atoms with Crippen LogP contribution in [0.3, 0.4) is 0 Å². The highest BCUT2D eigenvalue weighted by atomic mass is 19.1. The summed E-state index contributed by atoms with van der Waals surface area (Å²) in [5.74, 6) is 0.861. The summed E-state index contributed by atoms with van der Waals surface area (Å²) >= 11 is 0. The van der Waals surface area contributed by atoms with E-state index in [2.05, 4.69) is 16.3 Å². The lowest BCUT2D eigenvalue weighted by Crippen LogP contribution is -2.32. The summed E-state index contributed by atoms with van der Waals surface area (Å²) in [7, 11) is 1.98. The first kappa shape index (κ1) is 15.0. The molecular formula is C18H27FN2. The van der Waals surface area contributed by atoms with E-state index in [1.807, 2.05) is 20.0 Å². The predicted octanol–water partition coefficient (Wildman–Crippen LogP) is 3.66. The SMILES string of the molecule is CNC(CCN(CC1CC1)C1CC1)c1ccc(C)c(F)c1. The Hall–Kier alpha value is -0.930. The highest BCUT2D eigenvalue weighted by Gasteiger charge is 2.33. The predicted molar refractivity (Wildman–Crippen MR) is 84.9 cm³/mol. The first-order valence-corrected chi connectivity index (χ1v) is 8.34. The molecule has 1 aromatic rings. The number of benzene rings is 1. The zero-order valence-electron chi connectivity index (χ0n) is 13.2. The van der Waals surface area contributed by atoms with Gasteiger partial charge in [0.25, 0.3) is 0 Å². The summed E-state index contributed by atoms with van der Waals surface area (Å²) < 4.78 is 13.8. The minimum absolute atomic E-state index is 0.0928. The molecule has 0 amide bonds. The average molecular weight is 290 g/mol. The van der Waals surface area contributed by atoms with Crippen molar-refractivity contribution in [2.45, 2.75) is 51.1 Å². The van der Waals surface area contributed by atoms with Crippen LogP contribution in [-0.4, -0.2) is 31.1 Å². The van der Waals surface area contributed by atoms with Crippen molar-refractivity contribution in [1.29, 1.82) is 0 Å². The van der Waals surface area contributed by atoms with E-state index in [1.165, 1.54) is 32.2 Å². The maximum Gasteiger partial charge on any atom is 0.126 e. The molecule has 1 unspecified atom stereocenters. The van der Waals surface area contributed by atoms with Crippen LogP contribution in [0.25, 0.3) is 0 Å². The molecule has 3 rings (SSSR count). The van der Waals surface area contributed by atoms with Gasteiger partial charge in [-0.1, -0.05) is 12.1 Å². The van der Waals surface area contributed by atoms with Gasteiger partial charge in [-0.3, -0.25) is 0 Å². The summed E-state index contributed by atoms with van der Waals surface area (Å²) in [6, 6.07) is 6.72. The number of nitrogens with one attached hydrogen (secondary N) is 1. The molecule has 2 nitrogen and oxygen atoms in total. The van der Waals surface area contributed by atoms with Crippen molar-refractivity contribution in [2.75, 3.05) is 20.1 Å². The van der Waals surface area contributed by atoms with E-state index in [-0.39, 0.29) is 11.9 Å². The van der Waals surface area contributed by atoms with Gasteiger partial charge in [0.05, 0.1) is 0 Å². The molecule has 0 saturated heterocycles. The molecule has 21 heavy (non-hydrogen) atoms. The largest absolute Gasteiger partial charge is 0.313 e. The Morgan fingerprint density at radius 2 is 2.05 bits per heavy atom. The Kier molecular flexibility index (Phi) is 4.60. The number of rotatable bonds is 8. The lowest BCUT2D eigenvalue weighted by Gasteiger charge is -2.25. The Bertz CT molecular complexity index is 480. The van der Waals surface area contributed by atoms with Gasteiger partial charge < -0.3 is 10.2 Å². The quantitative estimate of drug-likeness (QED) is 0.786. The normalized spacial score (nSPS) is 20.0. The van der Waals surface area contributed by atoms with Gasteiger partial charge >= 0.3 is 0 Å². The van der Waals surface area contributed by atoms with E-state index < -0.39 is 0 Å². The van der Waals surface area contributed by atoms with Crippen LogP contribution in [0.15, 0.2) is 18.2 Å². The van der Waals surface area contributed by atoms with Crippen LogP contribution in [0.2, 0.25) is 0 Å². The average Bonchev–Trinajstić information content (AvgIpc) is 3.35. The minimum Gasteiger partial charge on any atom is -0.313 e. The fourth-order valence-corrected chi connectivity index (χ4v) is 3.09. The molecule has 1 N–H and O–H groups in total. The van der Waals surface area contributed by atoms with E-state index in [0.29, 0.717) is 0 Å². The van der Waals surface area contributed by atoms with Gasteiger partial charge in [0.15, 0.2) is 0 Å². The number of halogens is 1. The fraction of sp³-hybridized carbons (Fsp3) is 0.667. The third-order valence-corrected chi connectivity index (χ3v) is 4.90. The van der Waals surface area contributed by atoms with Crippen LogP contribution in [0.4, 0.5) is 4.39 Å². The second kappa shape index (κ2) is 6.45. The third-order valence-electron chi connectivity index (χ3n) is 4.90. The summed E-state index contributed by atoms with van der Waals surface area (Å²) in [4.78, 5) is 2.67. The smallest absolute Gasteiger partial charge is 0.126 e. The molecule has 2 saturated carbocycles. The highest BCUT2D eigenvalue weighted by Crippen LogP contribution is 2.35. The van der Waals surface area contributed by atoms with E-state index in [4.69, 9.17) is 0 Å². The number of nitrogens with zero attached hydrogens (tertiary/aromatic N) is 1. The molecule has 0 spiro atoms. The van der Waals surface area contributed by atoms with Crippen molar-refractivity contribution >= 4 is 0 Å². The van der Waals surface area contributed by atoms with Crippen LogP contribution in [0.5, 0.6) is 0 Å². The maximum absolute atomic E-state index is 13.8. The van der Waals surface area contributed by atoms with Crippen molar-refractivity contribution < 1.29 is 4.39 Å². The number of aryl methyl sites for hydroxylation is 1.